The Balaban J connectivity index is 2.24. The minimum atomic E-state index is -5.12. The average molecular weight is 680 g/mol. The fourth-order valence-electron chi connectivity index (χ4n) is 5.80. The quantitative estimate of drug-likeness (QED) is 0.214. The molecule has 5 atom stereocenters. The molecule has 0 radical (unpaired) electrons. The molecular weight excluding hydrogens is 643 g/mol. The SMILES string of the molecule is COC(=O)C(C)(CCC(=O)O)[C@H]1[C@H](c2ccc(F)cc2)[C@@H](O[C@H](C)c2cc(C(F)(F)F)cc(C(F)(F)F)c2)CN1C(=O)OC(C)(C)C. The molecule has 1 saturated heterocycles. The molecule has 1 fully saturated rings. The van der Waals surface area contributed by atoms with E-state index >= 15 is 0 Å². The Morgan fingerprint density at radius 3 is 1.91 bits per heavy atom. The third-order valence-corrected chi connectivity index (χ3v) is 7.96. The number of carbonyl (C=O) groups excluding carboxylic acids is 2. The summed E-state index contributed by atoms with van der Waals surface area (Å²) in [5, 5.41) is 9.49. The summed E-state index contributed by atoms with van der Waals surface area (Å²) in [6.45, 7) is 6.91. The number of aliphatic carboxylic acids is 1. The van der Waals surface area contributed by atoms with Gasteiger partial charge in [-0.1, -0.05) is 12.1 Å². The Morgan fingerprint density at radius 1 is 0.936 bits per heavy atom. The van der Waals surface area contributed by atoms with Crippen LogP contribution in [0.15, 0.2) is 42.5 Å². The molecule has 15 heteroatoms. The summed E-state index contributed by atoms with van der Waals surface area (Å²) in [6.07, 6.45) is -14.8. The Bertz CT molecular complexity index is 1420. The van der Waals surface area contributed by atoms with E-state index in [1.54, 1.807) is 20.8 Å². The van der Waals surface area contributed by atoms with Crippen molar-refractivity contribution in [3.8, 4) is 0 Å². The molecule has 0 aliphatic carbocycles. The van der Waals surface area contributed by atoms with Gasteiger partial charge in [0.1, 0.15) is 11.4 Å². The molecule has 2 aromatic rings. The van der Waals surface area contributed by atoms with Gasteiger partial charge in [-0.3, -0.25) is 9.59 Å². The molecule has 1 unspecified atom stereocenters. The van der Waals surface area contributed by atoms with E-state index in [0.29, 0.717) is 12.1 Å². The largest absolute Gasteiger partial charge is 0.481 e. The summed E-state index contributed by atoms with van der Waals surface area (Å²) in [5.74, 6) is -3.93. The van der Waals surface area contributed by atoms with Crippen molar-refractivity contribution < 1.29 is 64.4 Å². The number of hydrogen-bond acceptors (Lipinski definition) is 6. The number of carboxylic acid groups (broad SMARTS) is 1. The van der Waals surface area contributed by atoms with Crippen LogP contribution in [0.25, 0.3) is 0 Å². The van der Waals surface area contributed by atoms with Crippen LogP contribution in [0.3, 0.4) is 0 Å². The maximum Gasteiger partial charge on any atom is 0.416 e. The van der Waals surface area contributed by atoms with Crippen LogP contribution in [0.5, 0.6) is 0 Å². The van der Waals surface area contributed by atoms with Crippen LogP contribution in [-0.4, -0.2) is 59.4 Å². The van der Waals surface area contributed by atoms with Gasteiger partial charge in [-0.15, -0.1) is 0 Å². The molecule has 1 amide bonds. The molecule has 8 nitrogen and oxygen atoms in total. The van der Waals surface area contributed by atoms with Crippen LogP contribution >= 0.6 is 0 Å². The first kappa shape index (κ1) is 37.6. The molecule has 1 N–H and O–H groups in total. The van der Waals surface area contributed by atoms with Gasteiger partial charge in [0, 0.05) is 12.3 Å². The number of carboxylic acids is 1. The first-order valence-electron chi connectivity index (χ1n) is 14.5. The molecule has 0 bridgehead atoms. The van der Waals surface area contributed by atoms with E-state index in [-0.39, 0.29) is 18.1 Å². The smallest absolute Gasteiger partial charge is 0.416 e. The minimum absolute atomic E-state index is 0.0162. The van der Waals surface area contributed by atoms with Crippen molar-refractivity contribution in [1.29, 1.82) is 0 Å². The summed E-state index contributed by atoms with van der Waals surface area (Å²) >= 11 is 0. The minimum Gasteiger partial charge on any atom is -0.481 e. The molecule has 1 aliphatic heterocycles. The van der Waals surface area contributed by atoms with Gasteiger partial charge in [0.2, 0.25) is 0 Å². The highest BCUT2D eigenvalue weighted by atomic mass is 19.4. The van der Waals surface area contributed by atoms with Crippen molar-refractivity contribution in [1.82, 2.24) is 4.90 Å². The van der Waals surface area contributed by atoms with Gasteiger partial charge in [0.05, 0.1) is 48.4 Å². The molecule has 2 aromatic carbocycles. The zero-order valence-corrected chi connectivity index (χ0v) is 26.5. The lowest BCUT2D eigenvalue weighted by atomic mass is 9.70. The Labute approximate surface area is 266 Å². The Kier molecular flexibility index (Phi) is 10.9. The number of ether oxygens (including phenoxy) is 3. The number of halogens is 7. The van der Waals surface area contributed by atoms with Gasteiger partial charge in [0.25, 0.3) is 0 Å². The third kappa shape index (κ3) is 8.93. The zero-order valence-electron chi connectivity index (χ0n) is 26.5. The zero-order chi connectivity index (χ0) is 35.7. The van der Waals surface area contributed by atoms with Crippen molar-refractivity contribution in [3.63, 3.8) is 0 Å². The van der Waals surface area contributed by atoms with Crippen LogP contribution in [0.1, 0.15) is 81.7 Å². The van der Waals surface area contributed by atoms with E-state index in [1.807, 2.05) is 0 Å². The molecule has 0 aromatic heterocycles. The lowest BCUT2D eigenvalue weighted by Crippen LogP contribution is -2.53. The van der Waals surface area contributed by atoms with E-state index < -0.39 is 101 Å². The van der Waals surface area contributed by atoms with Crippen LogP contribution in [-0.2, 0) is 36.2 Å². The highest BCUT2D eigenvalue weighted by molar-refractivity contribution is 5.80. The first-order chi connectivity index (χ1) is 21.5. The second kappa shape index (κ2) is 13.7. The number of alkyl halides is 6. The molecule has 1 aliphatic rings. The molecular formula is C32H36F7NO7. The average Bonchev–Trinajstić information content (AvgIpc) is 3.33. The summed E-state index contributed by atoms with van der Waals surface area (Å²) in [7, 11) is 1.06. The van der Waals surface area contributed by atoms with Crippen molar-refractivity contribution >= 4 is 18.0 Å². The van der Waals surface area contributed by atoms with Crippen molar-refractivity contribution in [2.45, 2.75) is 89.6 Å². The van der Waals surface area contributed by atoms with Crippen LogP contribution in [0, 0.1) is 11.2 Å². The number of carbonyl (C=O) groups is 3. The van der Waals surface area contributed by atoms with Gasteiger partial charge < -0.3 is 24.2 Å². The number of hydrogen-bond donors (Lipinski definition) is 1. The van der Waals surface area contributed by atoms with Gasteiger partial charge in [-0.25, -0.2) is 9.18 Å². The first-order valence-corrected chi connectivity index (χ1v) is 14.5. The second-order valence-electron chi connectivity index (χ2n) is 12.6. The molecule has 47 heavy (non-hydrogen) atoms. The van der Waals surface area contributed by atoms with Gasteiger partial charge >= 0.3 is 30.4 Å². The van der Waals surface area contributed by atoms with Crippen LogP contribution in [0.4, 0.5) is 35.5 Å². The lowest BCUT2D eigenvalue weighted by Gasteiger charge is -2.41. The van der Waals surface area contributed by atoms with Crippen molar-refractivity contribution in [3.05, 3.63) is 70.5 Å². The molecule has 1 heterocycles. The van der Waals surface area contributed by atoms with Crippen LogP contribution in [0.2, 0.25) is 0 Å². The van der Waals surface area contributed by atoms with E-state index in [2.05, 4.69) is 0 Å². The molecule has 260 valence electrons. The summed E-state index contributed by atoms with van der Waals surface area (Å²) in [4.78, 5) is 39.9. The standard InChI is InChI=1S/C32H36F7NO7/c1-17(19-13-20(31(34,35)36)15-21(14-19)32(37,38)39)46-23-16-40(28(44)47-29(2,3)4)26(25(23)18-7-9-22(33)10-8-18)30(5,27(43)45-6)12-11-24(41)42/h7-10,13-15,17,23,25-26H,11-12,16H2,1-6H3,(H,41,42)/t17-,23+,25-,26-,30?/m1/s1. The molecule has 3 rings (SSSR count). The summed E-state index contributed by atoms with van der Waals surface area (Å²) in [5.41, 5.74) is -6.14. The van der Waals surface area contributed by atoms with E-state index in [1.165, 1.54) is 26.0 Å². The molecule has 0 spiro atoms. The second-order valence-corrected chi connectivity index (χ2v) is 12.6. The topological polar surface area (TPSA) is 102 Å². The monoisotopic (exact) mass is 679 g/mol. The van der Waals surface area contributed by atoms with Crippen molar-refractivity contribution in [2.75, 3.05) is 13.7 Å². The Morgan fingerprint density at radius 2 is 1.47 bits per heavy atom. The number of amides is 1. The number of benzene rings is 2. The summed E-state index contributed by atoms with van der Waals surface area (Å²) < 4.78 is 113. The number of rotatable bonds is 9. The highest BCUT2D eigenvalue weighted by Gasteiger charge is 2.58. The maximum absolute atomic E-state index is 14.0. The van der Waals surface area contributed by atoms with Gasteiger partial charge in [-0.05, 0) is 82.5 Å². The maximum atomic E-state index is 14.0. The third-order valence-electron chi connectivity index (χ3n) is 7.96. The predicted molar refractivity (Wildman–Crippen MR) is 153 cm³/mol. The predicted octanol–water partition coefficient (Wildman–Crippen LogP) is 7.76. The number of esters is 1. The summed E-state index contributed by atoms with van der Waals surface area (Å²) in [6, 6.07) is 4.56. The van der Waals surface area contributed by atoms with E-state index in [0.717, 1.165) is 24.1 Å². The molecule has 0 saturated carbocycles. The highest BCUT2D eigenvalue weighted by Crippen LogP contribution is 2.49. The normalized spacial score (nSPS) is 20.8. The number of nitrogens with zero attached hydrogens (tertiary/aromatic N) is 1. The fourth-order valence-corrected chi connectivity index (χ4v) is 5.80. The van der Waals surface area contributed by atoms with Crippen molar-refractivity contribution in [2.24, 2.45) is 5.41 Å². The number of methoxy groups -OCH3 is 1. The van der Waals surface area contributed by atoms with E-state index in [4.69, 9.17) is 14.2 Å². The van der Waals surface area contributed by atoms with Gasteiger partial charge in [-0.2, -0.15) is 26.3 Å². The van der Waals surface area contributed by atoms with Crippen LogP contribution < -0.4 is 0 Å². The number of likely N-dealkylation sites (tertiary alicyclic amines) is 1. The lowest BCUT2D eigenvalue weighted by molar-refractivity contribution is -0.157. The fraction of sp³-hybridized carbons (Fsp3) is 0.531. The Hall–Kier alpha value is -3.88. The van der Waals surface area contributed by atoms with Gasteiger partial charge in [0.15, 0.2) is 0 Å². The van der Waals surface area contributed by atoms with E-state index in [9.17, 15) is 50.2 Å².